The molecule has 1 aliphatic rings. The van der Waals surface area contributed by atoms with E-state index in [0.717, 1.165) is 0 Å². The van der Waals surface area contributed by atoms with Crippen molar-refractivity contribution in [2.24, 2.45) is 0 Å². The van der Waals surface area contributed by atoms with E-state index in [1.165, 1.54) is 18.7 Å². The summed E-state index contributed by atoms with van der Waals surface area (Å²) in [6.07, 6.45) is -0.738. The number of ketones is 2. The van der Waals surface area contributed by atoms with Crippen molar-refractivity contribution < 1.29 is 23.9 Å². The second-order valence-electron chi connectivity index (χ2n) is 6.60. The summed E-state index contributed by atoms with van der Waals surface area (Å²) in [6.45, 7) is 4.27. The average molecular weight is 380 g/mol. The normalized spacial score (nSPS) is 15.5. The lowest BCUT2D eigenvalue weighted by Crippen LogP contribution is -2.47. The Morgan fingerprint density at radius 2 is 1.61 bits per heavy atom. The van der Waals surface area contributed by atoms with Crippen LogP contribution in [-0.2, 0) is 9.59 Å². The first-order valence-electron chi connectivity index (χ1n) is 8.80. The molecule has 0 radical (unpaired) electrons. The number of benzene rings is 2. The van der Waals surface area contributed by atoms with Gasteiger partial charge < -0.3 is 10.1 Å². The smallest absolute Gasteiger partial charge is 0.268 e. The standard InChI is InChI=1S/C21H20N2O5/c1-12(24)15-4-7-17(8-5-15)22-20(26)11-23-18-10-16(13(2)25)6-9-19(18)28-14(3)21(23)27/h4-10,14H,11H2,1-3H3,(H,22,26). The molecule has 144 valence electrons. The molecular weight excluding hydrogens is 360 g/mol. The zero-order valence-corrected chi connectivity index (χ0v) is 15.8. The zero-order chi connectivity index (χ0) is 20.4. The molecule has 1 heterocycles. The zero-order valence-electron chi connectivity index (χ0n) is 15.8. The van der Waals surface area contributed by atoms with E-state index in [9.17, 15) is 19.2 Å². The Morgan fingerprint density at radius 3 is 2.21 bits per heavy atom. The summed E-state index contributed by atoms with van der Waals surface area (Å²) in [5, 5.41) is 2.71. The van der Waals surface area contributed by atoms with Crippen LogP contribution in [0, 0.1) is 0 Å². The number of fused-ring (bicyclic) bond motifs is 1. The van der Waals surface area contributed by atoms with Gasteiger partial charge >= 0.3 is 0 Å². The molecule has 7 heteroatoms. The first-order valence-corrected chi connectivity index (χ1v) is 8.80. The van der Waals surface area contributed by atoms with Crippen LogP contribution in [0.5, 0.6) is 5.75 Å². The van der Waals surface area contributed by atoms with Gasteiger partial charge in [0.15, 0.2) is 17.7 Å². The van der Waals surface area contributed by atoms with E-state index in [0.29, 0.717) is 28.3 Å². The van der Waals surface area contributed by atoms with Crippen LogP contribution in [0.15, 0.2) is 42.5 Å². The van der Waals surface area contributed by atoms with Crippen molar-refractivity contribution >= 4 is 34.8 Å². The monoisotopic (exact) mass is 380 g/mol. The number of carbonyl (C=O) groups is 4. The van der Waals surface area contributed by atoms with Crippen LogP contribution in [0.4, 0.5) is 11.4 Å². The molecule has 2 amide bonds. The van der Waals surface area contributed by atoms with Gasteiger partial charge in [0.1, 0.15) is 12.3 Å². The molecule has 0 saturated carbocycles. The van der Waals surface area contributed by atoms with E-state index in [2.05, 4.69) is 5.32 Å². The van der Waals surface area contributed by atoms with Crippen molar-refractivity contribution in [3.05, 3.63) is 53.6 Å². The van der Waals surface area contributed by atoms with Crippen LogP contribution >= 0.6 is 0 Å². The molecule has 0 fully saturated rings. The molecule has 2 aromatic rings. The summed E-state index contributed by atoms with van der Waals surface area (Å²) in [7, 11) is 0. The van der Waals surface area contributed by atoms with Crippen molar-refractivity contribution in [1.29, 1.82) is 0 Å². The van der Waals surface area contributed by atoms with Crippen LogP contribution in [0.2, 0.25) is 0 Å². The highest BCUT2D eigenvalue weighted by molar-refractivity contribution is 6.07. The minimum Gasteiger partial charge on any atom is -0.479 e. The summed E-state index contributed by atoms with van der Waals surface area (Å²) in [5.41, 5.74) is 1.87. The Labute approximate surface area is 162 Å². The lowest BCUT2D eigenvalue weighted by molar-refractivity contribution is -0.127. The third-order valence-electron chi connectivity index (χ3n) is 4.45. The number of hydrogen-bond donors (Lipinski definition) is 1. The van der Waals surface area contributed by atoms with Gasteiger partial charge in [0.25, 0.3) is 5.91 Å². The molecule has 28 heavy (non-hydrogen) atoms. The lowest BCUT2D eigenvalue weighted by Gasteiger charge is -2.32. The number of nitrogens with one attached hydrogen (secondary N) is 1. The van der Waals surface area contributed by atoms with Crippen molar-refractivity contribution in [2.75, 3.05) is 16.8 Å². The predicted octanol–water partition coefficient (Wildman–Crippen LogP) is 2.84. The van der Waals surface area contributed by atoms with Crippen molar-refractivity contribution in [1.82, 2.24) is 0 Å². The van der Waals surface area contributed by atoms with Crippen molar-refractivity contribution in [2.45, 2.75) is 26.9 Å². The van der Waals surface area contributed by atoms with E-state index in [-0.39, 0.29) is 24.0 Å². The fraction of sp³-hybridized carbons (Fsp3) is 0.238. The maximum Gasteiger partial charge on any atom is 0.268 e. The molecule has 0 saturated heterocycles. The topological polar surface area (TPSA) is 92.8 Å². The Kier molecular flexibility index (Phi) is 5.26. The number of amides is 2. The van der Waals surface area contributed by atoms with Gasteiger partial charge in [-0.3, -0.25) is 24.1 Å². The highest BCUT2D eigenvalue weighted by Gasteiger charge is 2.33. The summed E-state index contributed by atoms with van der Waals surface area (Å²) in [4.78, 5) is 49.4. The molecule has 0 aliphatic carbocycles. The molecular formula is C21H20N2O5. The van der Waals surface area contributed by atoms with Crippen LogP contribution in [0.25, 0.3) is 0 Å². The van der Waals surface area contributed by atoms with Crippen molar-refractivity contribution in [3.8, 4) is 5.75 Å². The maximum atomic E-state index is 12.6. The third-order valence-corrected chi connectivity index (χ3v) is 4.45. The van der Waals surface area contributed by atoms with E-state index in [1.54, 1.807) is 49.4 Å². The van der Waals surface area contributed by atoms with Crippen LogP contribution < -0.4 is 15.0 Å². The molecule has 1 atom stereocenters. The summed E-state index contributed by atoms with van der Waals surface area (Å²) in [5.74, 6) is -0.546. The minimum absolute atomic E-state index is 0.0661. The highest BCUT2D eigenvalue weighted by Crippen LogP contribution is 2.35. The first kappa shape index (κ1) is 19.3. The summed E-state index contributed by atoms with van der Waals surface area (Å²) in [6, 6.07) is 11.3. The Bertz CT molecular complexity index is 965. The van der Waals surface area contributed by atoms with Gasteiger partial charge in [-0.05, 0) is 63.2 Å². The van der Waals surface area contributed by atoms with Gasteiger partial charge in [0.2, 0.25) is 5.91 Å². The van der Waals surface area contributed by atoms with E-state index in [1.807, 2.05) is 0 Å². The molecule has 0 aromatic heterocycles. The Balaban J connectivity index is 1.81. The molecule has 0 spiro atoms. The number of ether oxygens (including phenoxy) is 1. The number of carbonyl (C=O) groups excluding carboxylic acids is 4. The van der Waals surface area contributed by atoms with Crippen LogP contribution in [-0.4, -0.2) is 36.0 Å². The van der Waals surface area contributed by atoms with E-state index < -0.39 is 12.0 Å². The SMILES string of the molecule is CC(=O)c1ccc(NC(=O)CN2C(=O)C(C)Oc3ccc(C(C)=O)cc32)cc1. The van der Waals surface area contributed by atoms with Gasteiger partial charge in [-0.25, -0.2) is 0 Å². The molecule has 0 bridgehead atoms. The van der Waals surface area contributed by atoms with Gasteiger partial charge in [0.05, 0.1) is 5.69 Å². The van der Waals surface area contributed by atoms with Gasteiger partial charge in [-0.15, -0.1) is 0 Å². The quantitative estimate of drug-likeness (QED) is 0.805. The fourth-order valence-electron chi connectivity index (χ4n) is 2.92. The van der Waals surface area contributed by atoms with Crippen LogP contribution in [0.1, 0.15) is 41.5 Å². The Hall–Kier alpha value is -3.48. The molecule has 1 N–H and O–H groups in total. The minimum atomic E-state index is -0.738. The first-order chi connectivity index (χ1) is 13.3. The number of nitrogens with zero attached hydrogens (tertiary/aromatic N) is 1. The van der Waals surface area contributed by atoms with Gasteiger partial charge in [0, 0.05) is 16.8 Å². The molecule has 1 unspecified atom stereocenters. The molecule has 2 aromatic carbocycles. The maximum absolute atomic E-state index is 12.6. The molecule has 1 aliphatic heterocycles. The largest absolute Gasteiger partial charge is 0.479 e. The van der Waals surface area contributed by atoms with Crippen molar-refractivity contribution in [3.63, 3.8) is 0 Å². The second kappa shape index (κ2) is 7.64. The summed E-state index contributed by atoms with van der Waals surface area (Å²) >= 11 is 0. The number of rotatable bonds is 5. The number of Topliss-reactive ketones (excluding diaryl/α,β-unsaturated/α-hetero) is 2. The van der Waals surface area contributed by atoms with Crippen LogP contribution in [0.3, 0.4) is 0 Å². The van der Waals surface area contributed by atoms with E-state index >= 15 is 0 Å². The number of anilines is 2. The number of hydrogen-bond acceptors (Lipinski definition) is 5. The van der Waals surface area contributed by atoms with E-state index in [4.69, 9.17) is 4.74 Å². The summed E-state index contributed by atoms with van der Waals surface area (Å²) < 4.78 is 5.58. The lowest BCUT2D eigenvalue weighted by atomic mass is 10.1. The average Bonchev–Trinajstić information content (AvgIpc) is 2.65. The van der Waals surface area contributed by atoms with Gasteiger partial charge in [-0.1, -0.05) is 0 Å². The molecule has 7 nitrogen and oxygen atoms in total. The Morgan fingerprint density at radius 1 is 1.00 bits per heavy atom. The fourth-order valence-corrected chi connectivity index (χ4v) is 2.92. The van der Waals surface area contributed by atoms with Gasteiger partial charge in [-0.2, -0.15) is 0 Å². The predicted molar refractivity (Wildman–Crippen MR) is 104 cm³/mol. The second-order valence-corrected chi connectivity index (χ2v) is 6.60. The highest BCUT2D eigenvalue weighted by atomic mass is 16.5. The molecule has 3 rings (SSSR count). The third kappa shape index (κ3) is 3.93.